The molecule has 5 heteroatoms. The predicted octanol–water partition coefficient (Wildman–Crippen LogP) is 3.02. The average Bonchev–Trinajstić information content (AvgIpc) is 2.52. The van der Waals surface area contributed by atoms with Crippen LogP contribution >= 0.6 is 11.8 Å². The third-order valence-corrected chi connectivity index (χ3v) is 3.48. The number of nitrogens with zero attached hydrogens (tertiary/aromatic N) is 1. The number of thioether (sulfide) groups is 1. The lowest BCUT2D eigenvalue weighted by Crippen LogP contribution is -2.19. The second-order valence-corrected chi connectivity index (χ2v) is 5.10. The Morgan fingerprint density at radius 1 is 1.24 bits per heavy atom. The van der Waals surface area contributed by atoms with Crippen LogP contribution in [0.25, 0.3) is 0 Å². The largest absolute Gasteiger partial charge is 0.484 e. The number of rotatable bonds is 6. The molecular formula is C16H16N2O2S. The van der Waals surface area contributed by atoms with Crippen LogP contribution in [0.15, 0.2) is 58.4 Å². The van der Waals surface area contributed by atoms with E-state index in [0.717, 1.165) is 16.1 Å². The van der Waals surface area contributed by atoms with E-state index in [1.54, 1.807) is 30.1 Å². The van der Waals surface area contributed by atoms with E-state index >= 15 is 0 Å². The minimum atomic E-state index is -0.491. The Labute approximate surface area is 128 Å². The monoisotopic (exact) mass is 300 g/mol. The van der Waals surface area contributed by atoms with Crippen LogP contribution in [-0.2, 0) is 4.79 Å². The standard InChI is InChI=1S/C16H16N2O2S/c1-21-15-5-3-2-4-14(15)18-10-12-6-8-13(9-7-12)20-11-16(17)19/h2-10H,11H2,1H3,(H2,17,19). The van der Waals surface area contributed by atoms with Crippen LogP contribution in [0.2, 0.25) is 0 Å². The molecule has 0 unspecified atom stereocenters. The van der Waals surface area contributed by atoms with Gasteiger partial charge in [0.1, 0.15) is 5.75 Å². The highest BCUT2D eigenvalue weighted by atomic mass is 32.2. The first-order chi connectivity index (χ1) is 10.2. The Hall–Kier alpha value is -2.27. The molecule has 0 saturated heterocycles. The molecule has 0 aliphatic rings. The molecule has 2 aromatic carbocycles. The molecule has 0 aliphatic carbocycles. The molecule has 1 amide bonds. The fourth-order valence-corrected chi connectivity index (χ4v) is 2.23. The number of hydrogen-bond acceptors (Lipinski definition) is 4. The maximum atomic E-state index is 10.6. The summed E-state index contributed by atoms with van der Waals surface area (Å²) in [6, 6.07) is 15.3. The van der Waals surface area contributed by atoms with Gasteiger partial charge in [-0.3, -0.25) is 9.79 Å². The first-order valence-electron chi connectivity index (χ1n) is 6.37. The van der Waals surface area contributed by atoms with E-state index in [-0.39, 0.29) is 6.61 Å². The van der Waals surface area contributed by atoms with Crippen molar-refractivity contribution in [3.05, 3.63) is 54.1 Å². The van der Waals surface area contributed by atoms with Crippen LogP contribution in [0.3, 0.4) is 0 Å². The van der Waals surface area contributed by atoms with Gasteiger partial charge in [-0.15, -0.1) is 11.8 Å². The molecule has 108 valence electrons. The van der Waals surface area contributed by atoms with Crippen molar-refractivity contribution >= 4 is 29.6 Å². The van der Waals surface area contributed by atoms with E-state index in [0.29, 0.717) is 5.75 Å². The summed E-state index contributed by atoms with van der Waals surface area (Å²) in [6.45, 7) is -0.117. The zero-order valence-corrected chi connectivity index (χ0v) is 12.5. The van der Waals surface area contributed by atoms with Crippen molar-refractivity contribution in [1.82, 2.24) is 0 Å². The number of ether oxygens (including phenoxy) is 1. The number of nitrogens with two attached hydrogens (primary N) is 1. The molecule has 0 bridgehead atoms. The maximum absolute atomic E-state index is 10.6. The normalized spacial score (nSPS) is 10.7. The number of carbonyl (C=O) groups excluding carboxylic acids is 1. The van der Waals surface area contributed by atoms with E-state index in [1.165, 1.54) is 0 Å². The molecule has 2 aromatic rings. The summed E-state index contributed by atoms with van der Waals surface area (Å²) < 4.78 is 5.20. The lowest BCUT2D eigenvalue weighted by molar-refractivity contribution is -0.119. The van der Waals surface area contributed by atoms with E-state index in [4.69, 9.17) is 10.5 Å². The Balaban J connectivity index is 2.06. The quantitative estimate of drug-likeness (QED) is 0.659. The van der Waals surface area contributed by atoms with Gasteiger partial charge in [-0.1, -0.05) is 12.1 Å². The van der Waals surface area contributed by atoms with Crippen molar-refractivity contribution in [1.29, 1.82) is 0 Å². The van der Waals surface area contributed by atoms with Crippen molar-refractivity contribution in [3.63, 3.8) is 0 Å². The number of primary amides is 1. The molecule has 0 atom stereocenters. The van der Waals surface area contributed by atoms with Crippen LogP contribution < -0.4 is 10.5 Å². The SMILES string of the molecule is CSc1ccccc1N=Cc1ccc(OCC(N)=O)cc1. The minimum absolute atomic E-state index is 0.117. The van der Waals surface area contributed by atoms with Crippen molar-refractivity contribution in [3.8, 4) is 5.75 Å². The van der Waals surface area contributed by atoms with Crippen LogP contribution in [0.5, 0.6) is 5.75 Å². The number of carbonyl (C=O) groups is 1. The third-order valence-electron chi connectivity index (χ3n) is 2.70. The van der Waals surface area contributed by atoms with E-state index in [2.05, 4.69) is 4.99 Å². The average molecular weight is 300 g/mol. The molecule has 0 spiro atoms. The zero-order valence-electron chi connectivity index (χ0n) is 11.7. The molecule has 0 aromatic heterocycles. The van der Waals surface area contributed by atoms with Gasteiger partial charge in [-0.25, -0.2) is 0 Å². The topological polar surface area (TPSA) is 64.7 Å². The highest BCUT2D eigenvalue weighted by Crippen LogP contribution is 2.27. The van der Waals surface area contributed by atoms with Crippen molar-refractivity contribution in [2.24, 2.45) is 10.7 Å². The molecule has 0 heterocycles. The molecule has 0 saturated carbocycles. The Morgan fingerprint density at radius 3 is 2.62 bits per heavy atom. The minimum Gasteiger partial charge on any atom is -0.484 e. The third kappa shape index (κ3) is 4.65. The van der Waals surface area contributed by atoms with Crippen LogP contribution in [0, 0.1) is 0 Å². The molecule has 21 heavy (non-hydrogen) atoms. The van der Waals surface area contributed by atoms with Gasteiger partial charge >= 0.3 is 0 Å². The molecule has 0 fully saturated rings. The summed E-state index contributed by atoms with van der Waals surface area (Å²) in [6.07, 6.45) is 3.83. The number of para-hydroxylation sites is 1. The fraction of sp³-hybridized carbons (Fsp3) is 0.125. The lowest BCUT2D eigenvalue weighted by atomic mass is 10.2. The van der Waals surface area contributed by atoms with Gasteiger partial charge in [-0.2, -0.15) is 0 Å². The first-order valence-corrected chi connectivity index (χ1v) is 7.60. The summed E-state index contributed by atoms with van der Waals surface area (Å²) in [5.74, 6) is 0.116. The number of amides is 1. The number of aliphatic imine (C=N–C) groups is 1. The predicted molar refractivity (Wildman–Crippen MR) is 86.6 cm³/mol. The summed E-state index contributed by atoms with van der Waals surface area (Å²) >= 11 is 1.66. The van der Waals surface area contributed by atoms with Gasteiger partial charge in [-0.05, 0) is 48.2 Å². The van der Waals surface area contributed by atoms with Crippen molar-refractivity contribution in [2.45, 2.75) is 4.90 Å². The van der Waals surface area contributed by atoms with E-state index in [1.807, 2.05) is 42.7 Å². The Bertz CT molecular complexity index is 639. The van der Waals surface area contributed by atoms with Crippen LogP contribution in [-0.4, -0.2) is 25.0 Å². The van der Waals surface area contributed by atoms with Gasteiger partial charge in [0.25, 0.3) is 5.91 Å². The van der Waals surface area contributed by atoms with Gasteiger partial charge < -0.3 is 10.5 Å². The molecule has 0 aliphatic heterocycles. The Kier molecular flexibility index (Phi) is 5.40. The smallest absolute Gasteiger partial charge is 0.255 e. The molecular weight excluding hydrogens is 284 g/mol. The van der Waals surface area contributed by atoms with Gasteiger partial charge in [0.2, 0.25) is 0 Å². The molecule has 4 nitrogen and oxygen atoms in total. The Morgan fingerprint density at radius 2 is 1.95 bits per heavy atom. The van der Waals surface area contributed by atoms with Crippen LogP contribution in [0.1, 0.15) is 5.56 Å². The summed E-state index contributed by atoms with van der Waals surface area (Å²) in [5.41, 5.74) is 6.92. The van der Waals surface area contributed by atoms with Crippen LogP contribution in [0.4, 0.5) is 5.69 Å². The number of benzene rings is 2. The van der Waals surface area contributed by atoms with Gasteiger partial charge in [0.15, 0.2) is 6.61 Å². The van der Waals surface area contributed by atoms with E-state index in [9.17, 15) is 4.79 Å². The van der Waals surface area contributed by atoms with E-state index < -0.39 is 5.91 Å². The lowest BCUT2D eigenvalue weighted by Gasteiger charge is -2.03. The molecule has 0 radical (unpaired) electrons. The number of hydrogen-bond donors (Lipinski definition) is 1. The zero-order chi connectivity index (χ0) is 15.1. The first kappa shape index (κ1) is 15.1. The summed E-state index contributed by atoms with van der Waals surface area (Å²) in [7, 11) is 0. The fourth-order valence-electron chi connectivity index (χ4n) is 1.69. The van der Waals surface area contributed by atoms with Crippen molar-refractivity contribution < 1.29 is 9.53 Å². The highest BCUT2D eigenvalue weighted by molar-refractivity contribution is 7.98. The summed E-state index contributed by atoms with van der Waals surface area (Å²) in [5, 5.41) is 0. The summed E-state index contributed by atoms with van der Waals surface area (Å²) in [4.78, 5) is 16.3. The molecule has 2 N–H and O–H groups in total. The second-order valence-electron chi connectivity index (χ2n) is 4.25. The molecule has 2 rings (SSSR count). The van der Waals surface area contributed by atoms with Gasteiger partial charge in [0.05, 0.1) is 5.69 Å². The van der Waals surface area contributed by atoms with Crippen molar-refractivity contribution in [2.75, 3.05) is 12.9 Å². The van der Waals surface area contributed by atoms with Gasteiger partial charge in [0, 0.05) is 11.1 Å². The highest BCUT2D eigenvalue weighted by Gasteiger charge is 1.99. The second kappa shape index (κ2) is 7.50. The maximum Gasteiger partial charge on any atom is 0.255 e.